The Labute approximate surface area is 163 Å². The highest BCUT2D eigenvalue weighted by atomic mass is 16.5. The summed E-state index contributed by atoms with van der Waals surface area (Å²) < 4.78 is 11.5. The summed E-state index contributed by atoms with van der Waals surface area (Å²) in [5.41, 5.74) is 1.13. The fourth-order valence-corrected chi connectivity index (χ4v) is 3.55. The summed E-state index contributed by atoms with van der Waals surface area (Å²) in [5.74, 6) is 2.56. The van der Waals surface area contributed by atoms with Gasteiger partial charge in [-0.05, 0) is 51.3 Å². The number of hydrogen-bond donors (Lipinski definition) is 2. The zero-order valence-corrected chi connectivity index (χ0v) is 17.0. The van der Waals surface area contributed by atoms with Crippen molar-refractivity contribution in [2.75, 3.05) is 32.8 Å². The summed E-state index contributed by atoms with van der Waals surface area (Å²) in [6, 6.07) is 7.23. The van der Waals surface area contributed by atoms with E-state index >= 15 is 0 Å². The summed E-state index contributed by atoms with van der Waals surface area (Å²) in [5, 5.41) is 6.99. The molecule has 0 aliphatic carbocycles. The topological polar surface area (TPSA) is 58.1 Å². The van der Waals surface area contributed by atoms with Gasteiger partial charge in [0.2, 0.25) is 0 Å². The van der Waals surface area contributed by atoms with Crippen LogP contribution in [0.1, 0.15) is 45.6 Å². The molecule has 1 fully saturated rings. The fourth-order valence-electron chi connectivity index (χ4n) is 3.55. The summed E-state index contributed by atoms with van der Waals surface area (Å²) in [6.07, 6.45) is 3.24. The third-order valence-corrected chi connectivity index (χ3v) is 5.18. The van der Waals surface area contributed by atoms with Crippen LogP contribution < -0.4 is 20.1 Å². The van der Waals surface area contributed by atoms with Gasteiger partial charge in [0.05, 0.1) is 19.8 Å². The fraction of sp³-hybridized carbons (Fsp3) is 0.667. The van der Waals surface area contributed by atoms with Crippen molar-refractivity contribution >= 4 is 5.96 Å². The van der Waals surface area contributed by atoms with Gasteiger partial charge in [0.25, 0.3) is 0 Å². The second-order valence-corrected chi connectivity index (χ2v) is 7.58. The van der Waals surface area contributed by atoms with Gasteiger partial charge in [-0.25, -0.2) is 4.99 Å². The molecule has 27 heavy (non-hydrogen) atoms. The number of aliphatic imine (C=N–C) groups is 1. The van der Waals surface area contributed by atoms with Crippen molar-refractivity contribution in [2.45, 2.75) is 58.7 Å². The minimum Gasteiger partial charge on any atom is -0.490 e. The third-order valence-electron chi connectivity index (χ3n) is 5.18. The van der Waals surface area contributed by atoms with Crippen LogP contribution in [0.4, 0.5) is 0 Å². The first-order chi connectivity index (χ1) is 13.2. The quantitative estimate of drug-likeness (QED) is 0.613. The molecule has 0 aromatic heterocycles. The standard InChI is InChI=1S/C21H34N4O2/c1-4-22-21(24-18-8-10-25(11-9-18)16(2)3)23-15-17-6-7-19-20(14-17)27-13-5-12-26-19/h6-7,14,16,18H,4-5,8-13,15H2,1-3H3,(H2,22,23,24). The lowest BCUT2D eigenvalue weighted by Gasteiger charge is -2.35. The van der Waals surface area contributed by atoms with Crippen LogP contribution in [-0.4, -0.2) is 55.8 Å². The van der Waals surface area contributed by atoms with Crippen molar-refractivity contribution in [1.82, 2.24) is 15.5 Å². The predicted molar refractivity (Wildman–Crippen MR) is 110 cm³/mol. The zero-order valence-electron chi connectivity index (χ0n) is 17.0. The van der Waals surface area contributed by atoms with Crippen molar-refractivity contribution < 1.29 is 9.47 Å². The van der Waals surface area contributed by atoms with E-state index in [9.17, 15) is 0 Å². The monoisotopic (exact) mass is 374 g/mol. The molecular formula is C21H34N4O2. The second-order valence-electron chi connectivity index (χ2n) is 7.58. The first kappa shape index (κ1) is 19.8. The smallest absolute Gasteiger partial charge is 0.191 e. The molecule has 2 N–H and O–H groups in total. The molecule has 1 saturated heterocycles. The van der Waals surface area contributed by atoms with Crippen LogP contribution in [0.25, 0.3) is 0 Å². The number of hydrogen-bond acceptors (Lipinski definition) is 4. The average molecular weight is 375 g/mol. The number of rotatable bonds is 5. The molecule has 0 amide bonds. The van der Waals surface area contributed by atoms with E-state index in [0.29, 0.717) is 31.8 Å². The van der Waals surface area contributed by atoms with Crippen LogP contribution >= 0.6 is 0 Å². The molecule has 2 heterocycles. The van der Waals surface area contributed by atoms with E-state index in [1.807, 2.05) is 6.07 Å². The first-order valence-electron chi connectivity index (χ1n) is 10.3. The van der Waals surface area contributed by atoms with Gasteiger partial charge in [0.15, 0.2) is 17.5 Å². The number of benzene rings is 1. The van der Waals surface area contributed by atoms with Crippen LogP contribution in [0.2, 0.25) is 0 Å². The van der Waals surface area contributed by atoms with Crippen molar-refractivity contribution in [3.63, 3.8) is 0 Å². The summed E-state index contributed by atoms with van der Waals surface area (Å²) in [7, 11) is 0. The lowest BCUT2D eigenvalue weighted by molar-refractivity contribution is 0.167. The van der Waals surface area contributed by atoms with Crippen LogP contribution in [-0.2, 0) is 6.54 Å². The number of nitrogens with zero attached hydrogens (tertiary/aromatic N) is 2. The Hall–Kier alpha value is -1.95. The molecule has 0 bridgehead atoms. The molecule has 0 unspecified atom stereocenters. The highest BCUT2D eigenvalue weighted by molar-refractivity contribution is 5.80. The van der Waals surface area contributed by atoms with Gasteiger partial charge in [-0.1, -0.05) is 6.07 Å². The Morgan fingerprint density at radius 3 is 2.63 bits per heavy atom. The van der Waals surface area contributed by atoms with Crippen molar-refractivity contribution in [1.29, 1.82) is 0 Å². The molecule has 3 rings (SSSR count). The average Bonchev–Trinajstić information content (AvgIpc) is 2.91. The Morgan fingerprint density at radius 2 is 1.93 bits per heavy atom. The van der Waals surface area contributed by atoms with E-state index in [1.54, 1.807) is 0 Å². The summed E-state index contributed by atoms with van der Waals surface area (Å²) in [4.78, 5) is 7.33. The van der Waals surface area contributed by atoms with E-state index in [0.717, 1.165) is 61.9 Å². The molecule has 6 nitrogen and oxygen atoms in total. The summed E-state index contributed by atoms with van der Waals surface area (Å²) >= 11 is 0. The minimum absolute atomic E-state index is 0.488. The summed E-state index contributed by atoms with van der Waals surface area (Å²) in [6.45, 7) is 11.9. The Kier molecular flexibility index (Phi) is 7.21. The largest absolute Gasteiger partial charge is 0.490 e. The van der Waals surface area contributed by atoms with Gasteiger partial charge >= 0.3 is 0 Å². The van der Waals surface area contributed by atoms with Crippen LogP contribution in [0, 0.1) is 0 Å². The van der Waals surface area contributed by atoms with E-state index in [1.165, 1.54) is 0 Å². The lowest BCUT2D eigenvalue weighted by atomic mass is 10.0. The minimum atomic E-state index is 0.488. The van der Waals surface area contributed by atoms with Gasteiger partial charge in [-0.15, -0.1) is 0 Å². The van der Waals surface area contributed by atoms with E-state index in [4.69, 9.17) is 14.5 Å². The van der Waals surface area contributed by atoms with Crippen molar-refractivity contribution in [3.8, 4) is 11.5 Å². The van der Waals surface area contributed by atoms with Crippen molar-refractivity contribution in [2.24, 2.45) is 4.99 Å². The van der Waals surface area contributed by atoms with Gasteiger partial charge in [-0.3, -0.25) is 0 Å². The SMILES string of the molecule is CCNC(=NCc1ccc2c(c1)OCCCO2)NC1CCN(C(C)C)CC1. The predicted octanol–water partition coefficient (Wildman–Crippen LogP) is 2.78. The van der Waals surface area contributed by atoms with E-state index < -0.39 is 0 Å². The van der Waals surface area contributed by atoms with Gasteiger partial charge in [0.1, 0.15) is 0 Å². The first-order valence-corrected chi connectivity index (χ1v) is 10.3. The van der Waals surface area contributed by atoms with Gasteiger partial charge < -0.3 is 25.0 Å². The molecule has 0 spiro atoms. The molecule has 2 aliphatic rings. The molecule has 2 aliphatic heterocycles. The maximum Gasteiger partial charge on any atom is 0.191 e. The Bertz CT molecular complexity index is 625. The van der Waals surface area contributed by atoms with Crippen LogP contribution in [0.15, 0.2) is 23.2 Å². The number of piperidine rings is 1. The number of likely N-dealkylation sites (tertiary alicyclic amines) is 1. The zero-order chi connectivity index (χ0) is 19.1. The Balaban J connectivity index is 1.58. The van der Waals surface area contributed by atoms with E-state index in [-0.39, 0.29) is 0 Å². The maximum atomic E-state index is 5.78. The normalized spacial score (nSPS) is 19.0. The number of nitrogens with one attached hydrogen (secondary N) is 2. The lowest BCUT2D eigenvalue weighted by Crippen LogP contribution is -2.49. The van der Waals surface area contributed by atoms with E-state index in [2.05, 4.69) is 48.4 Å². The van der Waals surface area contributed by atoms with Crippen molar-refractivity contribution in [3.05, 3.63) is 23.8 Å². The second kappa shape index (κ2) is 9.83. The molecule has 150 valence electrons. The molecule has 0 saturated carbocycles. The molecular weight excluding hydrogens is 340 g/mol. The maximum absolute atomic E-state index is 5.78. The molecule has 0 atom stereocenters. The van der Waals surface area contributed by atoms with Crippen LogP contribution in [0.3, 0.4) is 0 Å². The van der Waals surface area contributed by atoms with Crippen LogP contribution in [0.5, 0.6) is 11.5 Å². The molecule has 1 aromatic carbocycles. The highest BCUT2D eigenvalue weighted by Crippen LogP contribution is 2.30. The molecule has 0 radical (unpaired) electrons. The third kappa shape index (κ3) is 5.76. The Morgan fingerprint density at radius 1 is 1.19 bits per heavy atom. The number of ether oxygens (including phenoxy) is 2. The van der Waals surface area contributed by atoms with Gasteiger partial charge in [0, 0.05) is 38.1 Å². The molecule has 1 aromatic rings. The number of guanidine groups is 1. The van der Waals surface area contributed by atoms with Gasteiger partial charge in [-0.2, -0.15) is 0 Å². The number of fused-ring (bicyclic) bond motifs is 1. The molecule has 6 heteroatoms. The highest BCUT2D eigenvalue weighted by Gasteiger charge is 2.21.